The molecule has 3 heteroatoms. The molecule has 0 amide bonds. The molecule has 3 nitrogen and oxygen atoms in total. The van der Waals surface area contributed by atoms with E-state index in [0.717, 1.165) is 26.1 Å². The Labute approximate surface area is 120 Å². The van der Waals surface area contributed by atoms with Crippen LogP contribution in [0.5, 0.6) is 0 Å². The molecule has 1 N–H and O–H groups in total. The van der Waals surface area contributed by atoms with Crippen LogP contribution in [-0.4, -0.2) is 49.3 Å². The average Bonchev–Trinajstić information content (AvgIpc) is 2.41. The first-order valence-corrected chi connectivity index (χ1v) is 8.13. The molecule has 1 aliphatic rings. The summed E-state index contributed by atoms with van der Waals surface area (Å²) in [7, 11) is 0. The lowest BCUT2D eigenvalue weighted by Gasteiger charge is -2.39. The number of hydrogen-bond acceptors (Lipinski definition) is 3. The maximum absolute atomic E-state index is 5.93. The molecule has 19 heavy (non-hydrogen) atoms. The maximum Gasteiger partial charge on any atom is 0.0702 e. The van der Waals surface area contributed by atoms with Crippen LogP contribution in [0.4, 0.5) is 0 Å². The van der Waals surface area contributed by atoms with E-state index >= 15 is 0 Å². The minimum Gasteiger partial charge on any atom is -0.377 e. The number of likely N-dealkylation sites (tertiary alicyclic amines) is 1. The average molecular weight is 270 g/mol. The van der Waals surface area contributed by atoms with E-state index in [4.69, 9.17) is 4.74 Å². The Morgan fingerprint density at radius 2 is 2.00 bits per heavy atom. The van der Waals surface area contributed by atoms with Crippen LogP contribution in [-0.2, 0) is 4.74 Å². The second-order valence-corrected chi connectivity index (χ2v) is 6.41. The highest BCUT2D eigenvalue weighted by Crippen LogP contribution is 2.19. The van der Waals surface area contributed by atoms with Crippen molar-refractivity contribution in [1.29, 1.82) is 0 Å². The van der Waals surface area contributed by atoms with Crippen molar-refractivity contribution in [2.75, 3.05) is 26.2 Å². The molecule has 1 aliphatic heterocycles. The summed E-state index contributed by atoms with van der Waals surface area (Å²) in [6.45, 7) is 15.7. The fourth-order valence-electron chi connectivity index (χ4n) is 2.71. The van der Waals surface area contributed by atoms with Crippen LogP contribution >= 0.6 is 0 Å². The molecule has 0 aliphatic carbocycles. The van der Waals surface area contributed by atoms with Gasteiger partial charge in [0.1, 0.15) is 0 Å². The van der Waals surface area contributed by atoms with Gasteiger partial charge in [0.05, 0.1) is 6.10 Å². The topological polar surface area (TPSA) is 24.5 Å². The minimum absolute atomic E-state index is 0.460. The van der Waals surface area contributed by atoms with Gasteiger partial charge in [0.25, 0.3) is 0 Å². The number of nitrogens with zero attached hydrogens (tertiary/aromatic N) is 1. The predicted octanol–water partition coefficient (Wildman–Crippen LogP) is 2.90. The highest BCUT2D eigenvalue weighted by Gasteiger charge is 2.26. The quantitative estimate of drug-likeness (QED) is 0.734. The van der Waals surface area contributed by atoms with Crippen LogP contribution in [0.15, 0.2) is 0 Å². The zero-order chi connectivity index (χ0) is 14.3. The van der Waals surface area contributed by atoms with Crippen LogP contribution in [0.1, 0.15) is 53.9 Å². The van der Waals surface area contributed by atoms with Gasteiger partial charge in [-0.2, -0.15) is 0 Å². The third-order valence-corrected chi connectivity index (χ3v) is 4.21. The molecule has 0 bridgehead atoms. The number of piperidine rings is 1. The van der Waals surface area contributed by atoms with E-state index in [1.54, 1.807) is 0 Å². The Kier molecular flexibility index (Phi) is 7.96. The molecule has 1 saturated heterocycles. The first-order valence-electron chi connectivity index (χ1n) is 8.13. The number of ether oxygens (including phenoxy) is 1. The van der Waals surface area contributed by atoms with E-state index < -0.39 is 0 Å². The monoisotopic (exact) mass is 270 g/mol. The highest BCUT2D eigenvalue weighted by atomic mass is 16.5. The standard InChI is InChI=1S/C16H34N2O/c1-6-10-19-16-8-7-9-18(12-16)15(5)14(4)11-17-13(2)3/h13-17H,6-12H2,1-5H3. The predicted molar refractivity (Wildman–Crippen MR) is 82.6 cm³/mol. The zero-order valence-corrected chi connectivity index (χ0v) is 13.6. The third kappa shape index (κ3) is 6.24. The van der Waals surface area contributed by atoms with Gasteiger partial charge in [-0.05, 0) is 45.2 Å². The van der Waals surface area contributed by atoms with E-state index in [1.165, 1.54) is 19.4 Å². The summed E-state index contributed by atoms with van der Waals surface area (Å²) in [4.78, 5) is 2.62. The van der Waals surface area contributed by atoms with Gasteiger partial charge in [-0.1, -0.05) is 27.7 Å². The van der Waals surface area contributed by atoms with E-state index in [2.05, 4.69) is 44.8 Å². The summed E-state index contributed by atoms with van der Waals surface area (Å²) in [5.41, 5.74) is 0. The highest BCUT2D eigenvalue weighted by molar-refractivity contribution is 4.81. The summed E-state index contributed by atoms with van der Waals surface area (Å²) in [6.07, 6.45) is 4.10. The summed E-state index contributed by atoms with van der Waals surface area (Å²) in [6, 6.07) is 1.22. The van der Waals surface area contributed by atoms with Crippen molar-refractivity contribution in [2.24, 2.45) is 5.92 Å². The lowest BCUT2D eigenvalue weighted by atomic mass is 9.98. The van der Waals surface area contributed by atoms with Gasteiger partial charge in [-0.15, -0.1) is 0 Å². The number of rotatable bonds is 8. The van der Waals surface area contributed by atoms with Gasteiger partial charge in [0.2, 0.25) is 0 Å². The Bertz CT molecular complexity index is 233. The van der Waals surface area contributed by atoms with Crippen molar-refractivity contribution >= 4 is 0 Å². The third-order valence-electron chi connectivity index (χ3n) is 4.21. The Hall–Kier alpha value is -0.120. The van der Waals surface area contributed by atoms with Gasteiger partial charge < -0.3 is 10.1 Å². The smallest absolute Gasteiger partial charge is 0.0702 e. The molecule has 0 saturated carbocycles. The molecule has 0 aromatic heterocycles. The van der Waals surface area contributed by atoms with E-state index in [-0.39, 0.29) is 0 Å². The molecular formula is C16H34N2O. The molecule has 0 aromatic rings. The fraction of sp³-hybridized carbons (Fsp3) is 1.00. The molecular weight excluding hydrogens is 236 g/mol. The van der Waals surface area contributed by atoms with E-state index in [9.17, 15) is 0 Å². The molecule has 3 unspecified atom stereocenters. The van der Waals surface area contributed by atoms with Crippen LogP contribution in [0, 0.1) is 5.92 Å². The van der Waals surface area contributed by atoms with Crippen molar-refractivity contribution in [3.8, 4) is 0 Å². The maximum atomic E-state index is 5.93. The summed E-state index contributed by atoms with van der Waals surface area (Å²) in [5, 5.41) is 3.55. The van der Waals surface area contributed by atoms with Crippen molar-refractivity contribution in [3.05, 3.63) is 0 Å². The van der Waals surface area contributed by atoms with Gasteiger partial charge in [0, 0.05) is 25.2 Å². The van der Waals surface area contributed by atoms with Gasteiger partial charge in [-0.25, -0.2) is 0 Å². The van der Waals surface area contributed by atoms with E-state index in [0.29, 0.717) is 24.1 Å². The summed E-state index contributed by atoms with van der Waals surface area (Å²) >= 11 is 0. The first-order chi connectivity index (χ1) is 9.04. The Balaban J connectivity index is 2.35. The number of nitrogens with one attached hydrogen (secondary N) is 1. The van der Waals surface area contributed by atoms with Gasteiger partial charge >= 0.3 is 0 Å². The molecule has 1 rings (SSSR count). The normalized spacial score (nSPS) is 24.6. The van der Waals surface area contributed by atoms with Crippen molar-refractivity contribution in [1.82, 2.24) is 10.2 Å². The second kappa shape index (κ2) is 8.93. The fourth-order valence-corrected chi connectivity index (χ4v) is 2.71. The molecule has 1 fully saturated rings. The van der Waals surface area contributed by atoms with Crippen molar-refractivity contribution in [2.45, 2.75) is 72.1 Å². The second-order valence-electron chi connectivity index (χ2n) is 6.41. The van der Waals surface area contributed by atoms with Gasteiger partial charge in [-0.3, -0.25) is 4.90 Å². The molecule has 114 valence electrons. The lowest BCUT2D eigenvalue weighted by molar-refractivity contribution is -0.0169. The van der Waals surface area contributed by atoms with Gasteiger partial charge in [0.15, 0.2) is 0 Å². The van der Waals surface area contributed by atoms with Crippen LogP contribution in [0.2, 0.25) is 0 Å². The van der Waals surface area contributed by atoms with Crippen molar-refractivity contribution in [3.63, 3.8) is 0 Å². The zero-order valence-electron chi connectivity index (χ0n) is 13.6. The molecule has 0 spiro atoms. The largest absolute Gasteiger partial charge is 0.377 e. The minimum atomic E-state index is 0.460. The molecule has 1 heterocycles. The lowest BCUT2D eigenvalue weighted by Crippen LogP contribution is -2.48. The Morgan fingerprint density at radius 1 is 1.26 bits per heavy atom. The summed E-state index contributed by atoms with van der Waals surface area (Å²) < 4.78 is 5.93. The number of hydrogen-bond donors (Lipinski definition) is 1. The molecule has 0 aromatic carbocycles. The molecule has 3 atom stereocenters. The van der Waals surface area contributed by atoms with E-state index in [1.807, 2.05) is 0 Å². The first kappa shape index (κ1) is 16.9. The summed E-state index contributed by atoms with van der Waals surface area (Å²) in [5.74, 6) is 0.687. The molecule has 0 radical (unpaired) electrons. The van der Waals surface area contributed by atoms with Crippen molar-refractivity contribution < 1.29 is 4.74 Å². The van der Waals surface area contributed by atoms with Crippen LogP contribution < -0.4 is 5.32 Å². The van der Waals surface area contributed by atoms with Crippen LogP contribution in [0.25, 0.3) is 0 Å². The Morgan fingerprint density at radius 3 is 2.63 bits per heavy atom. The van der Waals surface area contributed by atoms with Crippen LogP contribution in [0.3, 0.4) is 0 Å². The SMILES string of the molecule is CCCOC1CCCN(C(C)C(C)CNC(C)C)C1.